The lowest BCUT2D eigenvalue weighted by molar-refractivity contribution is -0.138. The monoisotopic (exact) mass is 272 g/mol. The second-order valence-electron chi connectivity index (χ2n) is 6.16. The molecule has 0 saturated heterocycles. The van der Waals surface area contributed by atoms with E-state index >= 15 is 0 Å². The molecule has 1 rings (SSSR count). The van der Waals surface area contributed by atoms with Crippen molar-refractivity contribution >= 4 is 5.91 Å². The van der Waals surface area contributed by atoms with Crippen molar-refractivity contribution in [3.63, 3.8) is 0 Å². The normalized spacial score (nSPS) is 28.6. The molecule has 1 aliphatic carbocycles. The Morgan fingerprint density at radius 1 is 1.42 bits per heavy atom. The molecule has 1 aliphatic rings. The summed E-state index contributed by atoms with van der Waals surface area (Å²) in [6, 6.07) is -0.0493. The van der Waals surface area contributed by atoms with Crippen molar-refractivity contribution in [3.05, 3.63) is 0 Å². The molecule has 19 heavy (non-hydrogen) atoms. The highest BCUT2D eigenvalue weighted by Crippen LogP contribution is 2.27. The van der Waals surface area contributed by atoms with Crippen LogP contribution in [-0.2, 0) is 14.3 Å². The summed E-state index contributed by atoms with van der Waals surface area (Å²) in [6.07, 6.45) is 1.06. The van der Waals surface area contributed by atoms with Gasteiger partial charge in [0.15, 0.2) is 0 Å². The minimum atomic E-state index is -0.232. The quantitative estimate of drug-likeness (QED) is 0.759. The summed E-state index contributed by atoms with van der Waals surface area (Å²) in [5.41, 5.74) is -0.207. The molecular weight excluding hydrogens is 244 g/mol. The zero-order valence-electron chi connectivity index (χ0n) is 12.9. The molecule has 112 valence electrons. The Kier molecular flexibility index (Phi) is 5.77. The van der Waals surface area contributed by atoms with Gasteiger partial charge in [-0.1, -0.05) is 0 Å². The van der Waals surface area contributed by atoms with E-state index in [1.165, 1.54) is 0 Å². The van der Waals surface area contributed by atoms with Crippen LogP contribution in [-0.4, -0.2) is 49.5 Å². The first-order valence-electron chi connectivity index (χ1n) is 7.01. The Labute approximate surface area is 116 Å². The van der Waals surface area contributed by atoms with Gasteiger partial charge in [0.25, 0.3) is 0 Å². The Morgan fingerprint density at radius 3 is 2.53 bits per heavy atom. The van der Waals surface area contributed by atoms with Gasteiger partial charge in [0, 0.05) is 25.3 Å². The maximum Gasteiger partial charge on any atom is 0.237 e. The van der Waals surface area contributed by atoms with Crippen LogP contribution in [0.15, 0.2) is 0 Å². The molecule has 0 aliphatic heterocycles. The van der Waals surface area contributed by atoms with Gasteiger partial charge in [0.05, 0.1) is 18.2 Å². The summed E-state index contributed by atoms with van der Waals surface area (Å²) in [5.74, 6) is 0.0159. The van der Waals surface area contributed by atoms with Gasteiger partial charge in [-0.05, 0) is 41.0 Å². The molecule has 4 unspecified atom stereocenters. The Balaban J connectivity index is 2.41. The van der Waals surface area contributed by atoms with Crippen LogP contribution >= 0.6 is 0 Å². The molecule has 1 fully saturated rings. The molecule has 5 heteroatoms. The van der Waals surface area contributed by atoms with Crippen LogP contribution in [0.5, 0.6) is 0 Å². The number of methoxy groups -OCH3 is 1. The van der Waals surface area contributed by atoms with Crippen LogP contribution in [0.4, 0.5) is 0 Å². The van der Waals surface area contributed by atoms with E-state index in [0.29, 0.717) is 6.61 Å². The van der Waals surface area contributed by atoms with Crippen molar-refractivity contribution in [2.75, 3.05) is 13.7 Å². The fourth-order valence-electron chi connectivity index (χ4n) is 2.31. The average Bonchev–Trinajstić information content (AvgIpc) is 2.25. The summed E-state index contributed by atoms with van der Waals surface area (Å²) in [4.78, 5) is 12.0. The van der Waals surface area contributed by atoms with E-state index < -0.39 is 0 Å². The van der Waals surface area contributed by atoms with Crippen molar-refractivity contribution in [1.82, 2.24) is 10.6 Å². The summed E-state index contributed by atoms with van der Waals surface area (Å²) in [6.45, 7) is 10.5. The smallest absolute Gasteiger partial charge is 0.237 e. The fraction of sp³-hybridized carbons (Fsp3) is 0.929. The van der Waals surface area contributed by atoms with Crippen molar-refractivity contribution < 1.29 is 14.3 Å². The van der Waals surface area contributed by atoms with Crippen LogP contribution < -0.4 is 10.6 Å². The molecule has 0 aromatic carbocycles. The maximum atomic E-state index is 12.0. The summed E-state index contributed by atoms with van der Waals surface area (Å²) in [5, 5.41) is 6.28. The largest absolute Gasteiger partial charge is 0.377 e. The highest BCUT2D eigenvalue weighted by atomic mass is 16.5. The Bertz CT molecular complexity index is 302. The lowest BCUT2D eigenvalue weighted by Crippen LogP contribution is -2.63. The number of nitrogens with one attached hydrogen (secondary N) is 2. The standard InChI is InChI=1S/C14H28N2O3/c1-7-19-11-8-10(12(11)18-6)15-9(2)13(17)16-14(3,4)5/h9-12,15H,7-8H2,1-6H3,(H,16,17). The molecule has 0 aromatic heterocycles. The minimum Gasteiger partial charge on any atom is -0.377 e. The first-order chi connectivity index (χ1) is 8.78. The van der Waals surface area contributed by atoms with E-state index in [-0.39, 0.29) is 35.7 Å². The molecule has 0 heterocycles. The summed E-state index contributed by atoms with van der Waals surface area (Å²) in [7, 11) is 1.68. The third-order valence-corrected chi connectivity index (χ3v) is 3.26. The topological polar surface area (TPSA) is 59.6 Å². The predicted molar refractivity (Wildman–Crippen MR) is 75.1 cm³/mol. The van der Waals surface area contributed by atoms with E-state index in [0.717, 1.165) is 6.42 Å². The molecule has 0 spiro atoms. The van der Waals surface area contributed by atoms with E-state index in [1.54, 1.807) is 7.11 Å². The molecular formula is C14H28N2O3. The van der Waals surface area contributed by atoms with Crippen molar-refractivity contribution in [2.45, 2.75) is 70.9 Å². The van der Waals surface area contributed by atoms with E-state index in [1.807, 2.05) is 34.6 Å². The van der Waals surface area contributed by atoms with Crippen LogP contribution in [0, 0.1) is 0 Å². The number of hydrogen-bond acceptors (Lipinski definition) is 4. The third-order valence-electron chi connectivity index (χ3n) is 3.26. The van der Waals surface area contributed by atoms with Crippen LogP contribution in [0.3, 0.4) is 0 Å². The lowest BCUT2D eigenvalue weighted by atomic mass is 9.84. The zero-order valence-corrected chi connectivity index (χ0v) is 12.9. The number of carbonyl (C=O) groups is 1. The predicted octanol–water partition coefficient (Wildman–Crippen LogP) is 1.07. The number of ether oxygens (including phenoxy) is 2. The first-order valence-corrected chi connectivity index (χ1v) is 7.01. The molecule has 4 atom stereocenters. The van der Waals surface area contributed by atoms with Gasteiger partial charge in [-0.25, -0.2) is 0 Å². The van der Waals surface area contributed by atoms with Crippen molar-refractivity contribution in [2.24, 2.45) is 0 Å². The molecule has 0 radical (unpaired) electrons. The fourth-order valence-corrected chi connectivity index (χ4v) is 2.31. The van der Waals surface area contributed by atoms with Gasteiger partial charge >= 0.3 is 0 Å². The second-order valence-corrected chi connectivity index (χ2v) is 6.16. The van der Waals surface area contributed by atoms with E-state index in [2.05, 4.69) is 10.6 Å². The number of carbonyl (C=O) groups excluding carboxylic acids is 1. The zero-order chi connectivity index (χ0) is 14.6. The van der Waals surface area contributed by atoms with Crippen LogP contribution in [0.25, 0.3) is 0 Å². The number of amides is 1. The van der Waals surface area contributed by atoms with Gasteiger partial charge in [-0.15, -0.1) is 0 Å². The maximum absolute atomic E-state index is 12.0. The highest BCUT2D eigenvalue weighted by Gasteiger charge is 2.43. The van der Waals surface area contributed by atoms with Gasteiger partial charge in [-0.2, -0.15) is 0 Å². The van der Waals surface area contributed by atoms with Crippen molar-refractivity contribution in [3.8, 4) is 0 Å². The first kappa shape index (κ1) is 16.4. The third kappa shape index (κ3) is 4.75. The Morgan fingerprint density at radius 2 is 2.05 bits per heavy atom. The van der Waals surface area contributed by atoms with Gasteiger partial charge < -0.3 is 20.1 Å². The molecule has 5 nitrogen and oxygen atoms in total. The summed E-state index contributed by atoms with van der Waals surface area (Å²) >= 11 is 0. The van der Waals surface area contributed by atoms with Gasteiger partial charge in [0.2, 0.25) is 5.91 Å². The van der Waals surface area contributed by atoms with Gasteiger partial charge in [-0.3, -0.25) is 4.79 Å². The molecule has 1 amide bonds. The van der Waals surface area contributed by atoms with Gasteiger partial charge in [0.1, 0.15) is 0 Å². The van der Waals surface area contributed by atoms with Crippen LogP contribution in [0.1, 0.15) is 41.0 Å². The summed E-state index contributed by atoms with van der Waals surface area (Å²) < 4.78 is 11.0. The highest BCUT2D eigenvalue weighted by molar-refractivity contribution is 5.82. The minimum absolute atomic E-state index is 0.0159. The lowest BCUT2D eigenvalue weighted by Gasteiger charge is -2.44. The van der Waals surface area contributed by atoms with E-state index in [4.69, 9.17) is 9.47 Å². The number of rotatable bonds is 6. The number of hydrogen-bond donors (Lipinski definition) is 2. The second kappa shape index (κ2) is 6.68. The van der Waals surface area contributed by atoms with E-state index in [9.17, 15) is 4.79 Å². The molecule has 1 saturated carbocycles. The molecule has 0 bridgehead atoms. The van der Waals surface area contributed by atoms with Crippen molar-refractivity contribution in [1.29, 1.82) is 0 Å². The molecule has 0 aromatic rings. The average molecular weight is 272 g/mol. The Hall–Kier alpha value is -0.650. The SMILES string of the molecule is CCOC1CC(NC(C)C(=O)NC(C)(C)C)C1OC. The van der Waals surface area contributed by atoms with Crippen LogP contribution in [0.2, 0.25) is 0 Å². The molecule has 2 N–H and O–H groups in total.